The number of alkyl halides is 2. The molecule has 432 valence electrons. The highest BCUT2D eigenvalue weighted by molar-refractivity contribution is 5.81. The maximum Gasteiger partial charge on any atom is 0.293 e. The lowest BCUT2D eigenvalue weighted by Gasteiger charge is -2.25. The molecule has 3 heterocycles. The fourth-order valence-corrected chi connectivity index (χ4v) is 9.50. The fraction of sp³-hybridized carbons (Fsp3) is 0.435. The zero-order chi connectivity index (χ0) is 60.4. The zero-order valence-electron chi connectivity index (χ0n) is 51.8. The Hall–Kier alpha value is -7.08. The molecular weight excluding hydrogens is 1020 g/mol. The van der Waals surface area contributed by atoms with Gasteiger partial charge in [0.25, 0.3) is 42.9 Å². The van der Waals surface area contributed by atoms with Crippen molar-refractivity contribution in [2.24, 2.45) is 0 Å². The van der Waals surface area contributed by atoms with Gasteiger partial charge in [-0.1, -0.05) is 161 Å². The van der Waals surface area contributed by atoms with E-state index in [1.165, 1.54) is 80.0 Å². The second kappa shape index (κ2) is 24.2. The van der Waals surface area contributed by atoms with Gasteiger partial charge in [0.15, 0.2) is 18.6 Å². The molecule has 0 N–H and O–H groups in total. The van der Waals surface area contributed by atoms with Gasteiger partial charge in [0.1, 0.15) is 5.82 Å². The average molecular weight is 1110 g/mol. The standard InChI is InChI=1S/C24H32NO.C22H27FNO.C22H27N2O3.CH2F2/c1-16-9-10-17(2)18(11-16)14-25-15-26-22-20(24(6,7)8)12-19(13-21(22)25)23(3,4)5;1-21(2,3)16-11-18(22(4,5)6)20-19(12-16)24(14-25-20)13-15-7-9-17(23)10-8-15;1-21(2,3)16-11-18(22(4,5)6)20-19(12-16)23(14-27-20)13-15-7-9-17(10-8-15)24(25)26;2-1-3/h9-14H,15H2,1-8H3;7-13H,14H2,1-6H3;7-13H,14H2,1-6H3;1H2/q3*+1;/b25-14-;24-13-;23-13-;. The molecule has 0 bridgehead atoms. The molecule has 0 atom stereocenters. The Labute approximate surface area is 481 Å². The SMILES string of the molecule is CC(C)(C)c1cc2c(c(C(C)(C)C)c1)OC/[N+]2=C/c1ccc(F)cc1.CC(C)(C)c1cc2c(c(C(C)(C)C)c1)OC/[N+]2=C/c1ccc([N+](=O)[O-])cc1.Cc1ccc(C)c(/C=[N+]2/COc3c2cc(C(C)(C)C)cc3C(C)(C)C)c1.FCF. The molecule has 0 amide bonds. The summed E-state index contributed by atoms with van der Waals surface area (Å²) < 4.78 is 57.1. The minimum atomic E-state index is -1.75. The number of hydrogen-bond donors (Lipinski definition) is 0. The summed E-state index contributed by atoms with van der Waals surface area (Å²) in [6.45, 7) is 44.2. The topological polar surface area (TPSA) is 79.9 Å². The number of hydrogen-bond acceptors (Lipinski definition) is 5. The van der Waals surface area contributed by atoms with E-state index in [-0.39, 0.29) is 48.9 Å². The highest BCUT2D eigenvalue weighted by atomic mass is 19.3. The lowest BCUT2D eigenvalue weighted by atomic mass is 9.79. The van der Waals surface area contributed by atoms with Crippen molar-refractivity contribution in [1.82, 2.24) is 0 Å². The second-order valence-corrected chi connectivity index (χ2v) is 27.6. The summed E-state index contributed by atoms with van der Waals surface area (Å²) in [5.41, 5.74) is 16.9. The van der Waals surface area contributed by atoms with Crippen LogP contribution in [0.2, 0.25) is 0 Å². The van der Waals surface area contributed by atoms with Gasteiger partial charge in [0, 0.05) is 63.7 Å². The minimum Gasteiger partial charge on any atom is -0.429 e. The van der Waals surface area contributed by atoms with Crippen molar-refractivity contribution in [1.29, 1.82) is 0 Å². The molecule has 12 heteroatoms. The molecular formula is C69H88F3N4O5+3. The van der Waals surface area contributed by atoms with E-state index in [1.54, 1.807) is 24.3 Å². The van der Waals surface area contributed by atoms with Gasteiger partial charge < -0.3 is 14.2 Å². The van der Waals surface area contributed by atoms with Gasteiger partial charge in [-0.25, -0.2) is 13.2 Å². The summed E-state index contributed by atoms with van der Waals surface area (Å²) >= 11 is 0. The molecule has 0 radical (unpaired) electrons. The van der Waals surface area contributed by atoms with Crippen LogP contribution in [0.1, 0.15) is 186 Å². The molecule has 6 aromatic carbocycles. The molecule has 3 aliphatic rings. The van der Waals surface area contributed by atoms with Crippen LogP contribution < -0.4 is 14.2 Å². The van der Waals surface area contributed by atoms with E-state index in [0.29, 0.717) is 20.2 Å². The number of nitro groups is 1. The fourth-order valence-electron chi connectivity index (χ4n) is 9.50. The number of non-ortho nitro benzene ring substituents is 1. The molecule has 0 aromatic heterocycles. The summed E-state index contributed by atoms with van der Waals surface area (Å²) in [6.07, 6.45) is 6.23. The van der Waals surface area contributed by atoms with Crippen molar-refractivity contribution < 1.29 is 46.0 Å². The molecule has 0 unspecified atom stereocenters. The molecule has 6 aromatic rings. The van der Waals surface area contributed by atoms with Crippen LogP contribution in [0.25, 0.3) is 0 Å². The van der Waals surface area contributed by atoms with E-state index >= 15 is 0 Å². The first-order valence-corrected chi connectivity index (χ1v) is 27.9. The number of aryl methyl sites for hydroxylation is 2. The van der Waals surface area contributed by atoms with E-state index in [4.69, 9.17) is 14.2 Å². The number of rotatable bonds is 4. The van der Waals surface area contributed by atoms with Gasteiger partial charge in [-0.2, -0.15) is 13.7 Å². The van der Waals surface area contributed by atoms with Crippen molar-refractivity contribution in [2.45, 2.75) is 171 Å². The molecule has 0 fully saturated rings. The Morgan fingerprint density at radius 3 is 1.10 bits per heavy atom. The maximum absolute atomic E-state index is 13.2. The van der Waals surface area contributed by atoms with Gasteiger partial charge in [0.2, 0.25) is 24.2 Å². The van der Waals surface area contributed by atoms with Gasteiger partial charge in [-0.05, 0) is 111 Å². The zero-order valence-corrected chi connectivity index (χ0v) is 51.8. The highest BCUT2D eigenvalue weighted by Gasteiger charge is 2.38. The molecule has 9 nitrogen and oxygen atoms in total. The van der Waals surface area contributed by atoms with Crippen LogP contribution >= 0.6 is 0 Å². The van der Waals surface area contributed by atoms with E-state index in [0.717, 1.165) is 39.8 Å². The van der Waals surface area contributed by atoms with Crippen LogP contribution in [-0.2, 0) is 32.5 Å². The number of nitrogens with zero attached hydrogens (tertiary/aromatic N) is 4. The first-order valence-electron chi connectivity index (χ1n) is 27.9. The van der Waals surface area contributed by atoms with Gasteiger partial charge in [0.05, 0.1) is 4.92 Å². The summed E-state index contributed by atoms with van der Waals surface area (Å²) in [7, 11) is 0. The normalized spacial score (nSPS) is 15.5. The van der Waals surface area contributed by atoms with Gasteiger partial charge in [-0.3, -0.25) is 10.1 Å². The third kappa shape index (κ3) is 15.7. The number of benzene rings is 6. The smallest absolute Gasteiger partial charge is 0.293 e. The van der Waals surface area contributed by atoms with Gasteiger partial charge >= 0.3 is 0 Å². The van der Waals surface area contributed by atoms with Crippen molar-refractivity contribution in [3.63, 3.8) is 0 Å². The van der Waals surface area contributed by atoms with Crippen molar-refractivity contribution in [3.8, 4) is 17.2 Å². The first kappa shape index (κ1) is 63.1. The number of ether oxygens (including phenoxy) is 3. The van der Waals surface area contributed by atoms with Crippen LogP contribution in [0.4, 0.5) is 35.9 Å². The predicted molar refractivity (Wildman–Crippen MR) is 326 cm³/mol. The van der Waals surface area contributed by atoms with Crippen LogP contribution in [0, 0.1) is 29.8 Å². The van der Waals surface area contributed by atoms with Crippen LogP contribution in [0.15, 0.2) is 103 Å². The summed E-state index contributed by atoms with van der Waals surface area (Å²) in [5, 5.41) is 10.8. The molecule has 81 heavy (non-hydrogen) atoms. The molecule has 0 spiro atoms. The second-order valence-electron chi connectivity index (χ2n) is 27.6. The Morgan fingerprint density at radius 2 is 0.790 bits per heavy atom. The number of nitro benzene ring substituents is 1. The molecule has 0 saturated heterocycles. The largest absolute Gasteiger partial charge is 0.429 e. The van der Waals surface area contributed by atoms with Crippen LogP contribution in [0.3, 0.4) is 0 Å². The monoisotopic (exact) mass is 1110 g/mol. The average Bonchev–Trinajstić information content (AvgIpc) is 4.09. The van der Waals surface area contributed by atoms with E-state index in [2.05, 4.69) is 213 Å². The molecule has 0 saturated carbocycles. The van der Waals surface area contributed by atoms with Crippen molar-refractivity contribution in [2.75, 3.05) is 27.1 Å². The number of halogens is 3. The van der Waals surface area contributed by atoms with Crippen molar-refractivity contribution >= 4 is 41.4 Å². The summed E-state index contributed by atoms with van der Waals surface area (Å²) in [6, 6.07) is 33.3. The summed E-state index contributed by atoms with van der Waals surface area (Å²) in [4.78, 5) is 10.5. The Bertz CT molecular complexity index is 3350. The Balaban J connectivity index is 0.000000191. The van der Waals surface area contributed by atoms with Crippen LogP contribution in [0.5, 0.6) is 17.2 Å². The quantitative estimate of drug-likeness (QED) is 0.0998. The third-order valence-corrected chi connectivity index (χ3v) is 14.5. The number of fused-ring (bicyclic) bond motifs is 3. The Morgan fingerprint density at radius 1 is 0.469 bits per heavy atom. The van der Waals surface area contributed by atoms with E-state index in [1.807, 2.05) is 12.4 Å². The first-order chi connectivity index (χ1) is 37.4. The lowest BCUT2D eigenvalue weighted by Crippen LogP contribution is -2.17. The maximum atomic E-state index is 13.2. The highest BCUT2D eigenvalue weighted by Crippen LogP contribution is 2.48. The van der Waals surface area contributed by atoms with E-state index in [9.17, 15) is 23.3 Å². The molecule has 9 rings (SSSR count). The van der Waals surface area contributed by atoms with Crippen molar-refractivity contribution in [3.05, 3.63) is 180 Å². The van der Waals surface area contributed by atoms with E-state index < -0.39 is 6.93 Å². The third-order valence-electron chi connectivity index (χ3n) is 14.5. The molecule has 0 aliphatic carbocycles. The lowest BCUT2D eigenvalue weighted by molar-refractivity contribution is -0.453. The predicted octanol–water partition coefficient (Wildman–Crippen LogP) is 17.7. The van der Waals surface area contributed by atoms with Gasteiger partial charge in [-0.15, -0.1) is 0 Å². The summed E-state index contributed by atoms with van der Waals surface area (Å²) in [5.74, 6) is 2.69. The van der Waals surface area contributed by atoms with Crippen LogP contribution in [-0.4, -0.2) is 64.4 Å². The minimum absolute atomic E-state index is 0.00275. The Kier molecular flexibility index (Phi) is 18.8. The molecule has 3 aliphatic heterocycles.